The zero-order chi connectivity index (χ0) is 18.4. The molecular formula is C19H14N2O5. The lowest BCUT2D eigenvalue weighted by molar-refractivity contribution is -0.149. The quantitative estimate of drug-likeness (QED) is 0.612. The summed E-state index contributed by atoms with van der Waals surface area (Å²) in [6.07, 6.45) is -0.832. The van der Waals surface area contributed by atoms with Crippen molar-refractivity contribution in [2.24, 2.45) is 0 Å². The van der Waals surface area contributed by atoms with Crippen LogP contribution in [-0.2, 0) is 4.79 Å². The van der Waals surface area contributed by atoms with Crippen LogP contribution in [0.5, 0.6) is 5.75 Å². The van der Waals surface area contributed by atoms with Gasteiger partial charge >= 0.3 is 6.09 Å². The maximum atomic E-state index is 12.5. The second kappa shape index (κ2) is 5.80. The highest BCUT2D eigenvalue weighted by Gasteiger charge is 2.57. The van der Waals surface area contributed by atoms with Gasteiger partial charge in [0.1, 0.15) is 11.8 Å². The van der Waals surface area contributed by atoms with Gasteiger partial charge in [-0.25, -0.2) is 9.69 Å². The van der Waals surface area contributed by atoms with Gasteiger partial charge in [-0.1, -0.05) is 30.3 Å². The molecule has 4 amide bonds. The number of para-hydroxylation sites is 1. The van der Waals surface area contributed by atoms with Crippen molar-refractivity contribution in [3.63, 3.8) is 0 Å². The van der Waals surface area contributed by atoms with Crippen LogP contribution in [0, 0.1) is 0 Å². The van der Waals surface area contributed by atoms with Gasteiger partial charge in [0.2, 0.25) is 0 Å². The summed E-state index contributed by atoms with van der Waals surface area (Å²) in [5.41, 5.74) is 0.533. The molecule has 0 N–H and O–H groups in total. The van der Waals surface area contributed by atoms with Gasteiger partial charge in [0.25, 0.3) is 17.7 Å². The fourth-order valence-corrected chi connectivity index (χ4v) is 3.29. The summed E-state index contributed by atoms with van der Waals surface area (Å²) in [5, 5.41) is 0. The Morgan fingerprint density at radius 2 is 1.42 bits per heavy atom. The third kappa shape index (κ3) is 2.21. The van der Waals surface area contributed by atoms with Crippen molar-refractivity contribution in [3.8, 4) is 5.75 Å². The largest absolute Gasteiger partial charge is 0.422 e. The van der Waals surface area contributed by atoms with Crippen molar-refractivity contribution < 1.29 is 23.9 Å². The summed E-state index contributed by atoms with van der Waals surface area (Å²) in [6, 6.07) is 13.1. The fourth-order valence-electron chi connectivity index (χ4n) is 3.29. The van der Waals surface area contributed by atoms with Gasteiger partial charge in [0.15, 0.2) is 0 Å². The number of nitrogens with zero attached hydrogens (tertiary/aromatic N) is 2. The van der Waals surface area contributed by atoms with Crippen LogP contribution in [0.3, 0.4) is 0 Å². The molecule has 1 fully saturated rings. The van der Waals surface area contributed by atoms with Crippen molar-refractivity contribution in [2.45, 2.75) is 19.0 Å². The molecule has 0 saturated carbocycles. The van der Waals surface area contributed by atoms with E-state index in [1.165, 1.54) is 0 Å². The molecule has 0 aromatic heterocycles. The lowest BCUT2D eigenvalue weighted by Gasteiger charge is -2.45. The second-order valence-electron chi connectivity index (χ2n) is 6.10. The molecule has 0 aliphatic carbocycles. The number of imide groups is 2. The average molecular weight is 350 g/mol. The van der Waals surface area contributed by atoms with Crippen molar-refractivity contribution in [3.05, 3.63) is 65.7 Å². The molecular weight excluding hydrogens is 336 g/mol. The summed E-state index contributed by atoms with van der Waals surface area (Å²) in [6.45, 7) is 1.60. The number of benzene rings is 2. The number of hydrogen-bond acceptors (Lipinski definition) is 5. The van der Waals surface area contributed by atoms with Crippen molar-refractivity contribution in [2.75, 3.05) is 0 Å². The Kier molecular flexibility index (Phi) is 3.57. The first-order valence-electron chi connectivity index (χ1n) is 8.07. The van der Waals surface area contributed by atoms with Gasteiger partial charge in [0, 0.05) is 0 Å². The lowest BCUT2D eigenvalue weighted by Crippen LogP contribution is -2.72. The standard InChI is InChI=1S/C19H14N2O5/c1-11-15(21-16(22)13-9-5-6-10-14(13)17(21)23)18(24)20(11)19(25)26-12-7-3-2-4-8-12/h2-11,15H,1H3/t11-,15?/m1/s1. The SMILES string of the molecule is C[C@@H]1C(N2C(=O)c3ccccc3C2=O)C(=O)N1C(=O)Oc1ccccc1. The zero-order valence-corrected chi connectivity index (χ0v) is 13.8. The van der Waals surface area contributed by atoms with Crippen LogP contribution < -0.4 is 4.74 Å². The molecule has 2 atom stereocenters. The minimum absolute atomic E-state index is 0.266. The smallest absolute Gasteiger partial charge is 0.410 e. The van der Waals surface area contributed by atoms with Crippen LogP contribution in [0.25, 0.3) is 0 Å². The summed E-state index contributed by atoms with van der Waals surface area (Å²) >= 11 is 0. The molecule has 26 heavy (non-hydrogen) atoms. The molecule has 2 aromatic carbocycles. The average Bonchev–Trinajstić information content (AvgIpc) is 2.88. The van der Waals surface area contributed by atoms with Gasteiger partial charge in [-0.05, 0) is 31.2 Å². The van der Waals surface area contributed by atoms with Crippen molar-refractivity contribution in [1.82, 2.24) is 9.80 Å². The first-order valence-corrected chi connectivity index (χ1v) is 8.07. The van der Waals surface area contributed by atoms with E-state index in [1.54, 1.807) is 61.5 Å². The van der Waals surface area contributed by atoms with Crippen LogP contribution >= 0.6 is 0 Å². The molecule has 4 rings (SSSR count). The van der Waals surface area contributed by atoms with Crippen LogP contribution in [0.4, 0.5) is 4.79 Å². The third-order valence-electron chi connectivity index (χ3n) is 4.60. The topological polar surface area (TPSA) is 84.0 Å². The summed E-state index contributed by atoms with van der Waals surface area (Å²) in [4.78, 5) is 51.7. The van der Waals surface area contributed by atoms with E-state index in [0.717, 1.165) is 9.80 Å². The Bertz CT molecular complexity index is 905. The van der Waals surface area contributed by atoms with Gasteiger partial charge in [-0.2, -0.15) is 0 Å². The van der Waals surface area contributed by atoms with Gasteiger partial charge in [-0.15, -0.1) is 0 Å². The van der Waals surface area contributed by atoms with Crippen molar-refractivity contribution >= 4 is 23.8 Å². The fraction of sp³-hybridized carbons (Fsp3) is 0.158. The summed E-state index contributed by atoms with van der Waals surface area (Å²) in [7, 11) is 0. The zero-order valence-electron chi connectivity index (χ0n) is 13.8. The predicted molar refractivity (Wildman–Crippen MR) is 89.5 cm³/mol. The molecule has 7 heteroatoms. The van der Waals surface area contributed by atoms with E-state index < -0.39 is 35.9 Å². The molecule has 0 radical (unpaired) electrons. The maximum absolute atomic E-state index is 12.5. The molecule has 2 aromatic rings. The maximum Gasteiger partial charge on any atom is 0.422 e. The molecule has 0 bridgehead atoms. The normalized spacial score (nSPS) is 21.5. The van der Waals surface area contributed by atoms with Gasteiger partial charge in [-0.3, -0.25) is 19.3 Å². The monoisotopic (exact) mass is 350 g/mol. The van der Waals surface area contributed by atoms with Crippen LogP contribution in [-0.4, -0.2) is 45.7 Å². The number of rotatable bonds is 2. The molecule has 130 valence electrons. The first-order chi connectivity index (χ1) is 12.5. The molecule has 2 heterocycles. The molecule has 2 aliphatic heterocycles. The lowest BCUT2D eigenvalue weighted by atomic mass is 9.95. The van der Waals surface area contributed by atoms with Crippen LogP contribution in [0.15, 0.2) is 54.6 Å². The van der Waals surface area contributed by atoms with E-state index in [2.05, 4.69) is 0 Å². The number of carbonyl (C=O) groups excluding carboxylic acids is 4. The van der Waals surface area contributed by atoms with Crippen LogP contribution in [0.2, 0.25) is 0 Å². The summed E-state index contributed by atoms with van der Waals surface area (Å²) < 4.78 is 5.16. The van der Waals surface area contributed by atoms with E-state index in [1.807, 2.05) is 0 Å². The molecule has 7 nitrogen and oxygen atoms in total. The summed E-state index contributed by atoms with van der Waals surface area (Å²) in [5.74, 6) is -1.37. The number of amides is 4. The van der Waals surface area contributed by atoms with E-state index in [9.17, 15) is 19.2 Å². The van der Waals surface area contributed by atoms with Crippen molar-refractivity contribution in [1.29, 1.82) is 0 Å². The van der Waals surface area contributed by atoms with Gasteiger partial charge < -0.3 is 4.74 Å². The molecule has 1 saturated heterocycles. The second-order valence-corrected chi connectivity index (χ2v) is 6.10. The number of carbonyl (C=O) groups is 4. The third-order valence-corrected chi connectivity index (χ3v) is 4.60. The highest BCUT2D eigenvalue weighted by Crippen LogP contribution is 2.33. The number of ether oxygens (including phenoxy) is 1. The first kappa shape index (κ1) is 16.0. The molecule has 1 unspecified atom stereocenters. The number of likely N-dealkylation sites (tertiary alicyclic amines) is 1. The Hall–Kier alpha value is -3.48. The van der Waals surface area contributed by atoms with E-state index in [4.69, 9.17) is 4.74 Å². The highest BCUT2D eigenvalue weighted by atomic mass is 16.6. The number of β-lactam (4-membered cyclic amide) rings is 1. The molecule has 0 spiro atoms. The van der Waals surface area contributed by atoms with Crippen LogP contribution in [0.1, 0.15) is 27.6 Å². The van der Waals surface area contributed by atoms with E-state index in [0.29, 0.717) is 5.75 Å². The predicted octanol–water partition coefficient (Wildman–Crippen LogP) is 2.08. The highest BCUT2D eigenvalue weighted by molar-refractivity contribution is 6.24. The Morgan fingerprint density at radius 1 is 0.885 bits per heavy atom. The van der Waals surface area contributed by atoms with E-state index >= 15 is 0 Å². The Morgan fingerprint density at radius 3 is 1.96 bits per heavy atom. The number of fused-ring (bicyclic) bond motifs is 1. The Balaban J connectivity index is 1.53. The molecule has 2 aliphatic rings. The Labute approximate surface area is 148 Å². The minimum atomic E-state index is -1.01. The van der Waals surface area contributed by atoms with E-state index in [-0.39, 0.29) is 11.1 Å². The minimum Gasteiger partial charge on any atom is -0.410 e. The number of hydrogen-bond donors (Lipinski definition) is 0. The van der Waals surface area contributed by atoms with Gasteiger partial charge in [0.05, 0.1) is 17.2 Å².